The van der Waals surface area contributed by atoms with Gasteiger partial charge < -0.3 is 30.9 Å². The maximum Gasteiger partial charge on any atom is 0.320 e. The Kier molecular flexibility index (Phi) is 9.03. The average Bonchev–Trinajstić information content (AvgIpc) is 3.47. The number of piperidine rings is 1. The maximum atomic E-state index is 12.8. The van der Waals surface area contributed by atoms with Gasteiger partial charge in [-0.25, -0.2) is 9.78 Å². The number of anilines is 1. The van der Waals surface area contributed by atoms with Crippen molar-refractivity contribution in [2.75, 3.05) is 51.8 Å². The van der Waals surface area contributed by atoms with Crippen LogP contribution in [0.1, 0.15) is 26.7 Å². The van der Waals surface area contributed by atoms with Crippen molar-refractivity contribution in [2.24, 2.45) is 17.6 Å². The minimum Gasteiger partial charge on any atom is -0.404 e. The molecule has 0 unspecified atom stereocenters. The average molecular weight is 560 g/mol. The third-order valence-electron chi connectivity index (χ3n) is 7.82. The molecule has 5 heterocycles. The lowest BCUT2D eigenvalue weighted by Gasteiger charge is -2.37. The molecule has 0 spiro atoms. The van der Waals surface area contributed by atoms with Crippen molar-refractivity contribution in [2.45, 2.75) is 33.2 Å². The summed E-state index contributed by atoms with van der Waals surface area (Å²) >= 11 is 0. The van der Waals surface area contributed by atoms with Gasteiger partial charge >= 0.3 is 6.03 Å². The molecule has 2 amide bonds. The Morgan fingerprint density at radius 1 is 1.10 bits per heavy atom. The van der Waals surface area contributed by atoms with Crippen LogP contribution in [-0.4, -0.2) is 82.0 Å². The molecule has 0 radical (unpaired) electrons. The number of nitrogens with zero attached hydrogens (tertiary/aromatic N) is 6. The molecule has 0 saturated carbocycles. The third kappa shape index (κ3) is 6.97. The van der Waals surface area contributed by atoms with Crippen molar-refractivity contribution in [3.63, 3.8) is 0 Å². The van der Waals surface area contributed by atoms with Gasteiger partial charge in [0.2, 0.25) is 0 Å². The minimum absolute atomic E-state index is 0.148. The van der Waals surface area contributed by atoms with Crippen molar-refractivity contribution in [3.05, 3.63) is 60.5 Å². The number of likely N-dealkylation sites (tertiary alicyclic amines) is 1. The number of nitrogens with one attached hydrogen (secondary N) is 2. The van der Waals surface area contributed by atoms with E-state index in [1.165, 1.54) is 0 Å². The molecule has 11 heteroatoms. The van der Waals surface area contributed by atoms with Crippen molar-refractivity contribution < 1.29 is 9.53 Å². The molecule has 3 aromatic heterocycles. The maximum absolute atomic E-state index is 12.8. The minimum atomic E-state index is 0.148. The number of amides is 2. The van der Waals surface area contributed by atoms with E-state index in [2.05, 4.69) is 40.8 Å². The van der Waals surface area contributed by atoms with Gasteiger partial charge in [-0.3, -0.25) is 9.67 Å². The molecular weight excluding hydrogens is 518 g/mol. The van der Waals surface area contributed by atoms with E-state index < -0.39 is 0 Å². The fourth-order valence-electron chi connectivity index (χ4n) is 5.26. The second-order valence-corrected chi connectivity index (χ2v) is 11.0. The van der Waals surface area contributed by atoms with Crippen molar-refractivity contribution in [3.8, 4) is 11.1 Å². The highest BCUT2D eigenvalue weighted by atomic mass is 16.5. The summed E-state index contributed by atoms with van der Waals surface area (Å²) in [5, 5.41) is 11.2. The lowest BCUT2D eigenvalue weighted by atomic mass is 9.97. The zero-order chi connectivity index (χ0) is 28.8. The van der Waals surface area contributed by atoms with Gasteiger partial charge in [0, 0.05) is 63.3 Å². The van der Waals surface area contributed by atoms with E-state index in [-0.39, 0.29) is 6.03 Å². The fourth-order valence-corrected chi connectivity index (χ4v) is 5.26. The second kappa shape index (κ2) is 13.0. The van der Waals surface area contributed by atoms with E-state index in [1.807, 2.05) is 58.2 Å². The predicted molar refractivity (Wildman–Crippen MR) is 161 cm³/mol. The van der Waals surface area contributed by atoms with E-state index in [1.54, 1.807) is 6.20 Å². The van der Waals surface area contributed by atoms with Crippen molar-refractivity contribution in [1.82, 2.24) is 34.9 Å². The highest BCUT2D eigenvalue weighted by Crippen LogP contribution is 2.25. The van der Waals surface area contributed by atoms with Gasteiger partial charge in [-0.2, -0.15) is 5.10 Å². The first-order valence-electron chi connectivity index (χ1n) is 14.4. The molecule has 2 aliphatic heterocycles. The summed E-state index contributed by atoms with van der Waals surface area (Å²) < 4.78 is 7.39. The van der Waals surface area contributed by atoms with Crippen molar-refractivity contribution >= 4 is 22.9 Å². The van der Waals surface area contributed by atoms with Gasteiger partial charge in [0.25, 0.3) is 0 Å². The molecule has 3 aromatic rings. The summed E-state index contributed by atoms with van der Waals surface area (Å²) in [4.78, 5) is 26.1. The normalized spacial score (nSPS) is 17.4. The van der Waals surface area contributed by atoms with Crippen LogP contribution in [0.5, 0.6) is 0 Å². The van der Waals surface area contributed by atoms with Crippen LogP contribution in [0.15, 0.2) is 60.5 Å². The van der Waals surface area contributed by atoms with Gasteiger partial charge in [0.1, 0.15) is 11.6 Å². The highest BCUT2D eigenvalue weighted by Gasteiger charge is 2.27. The number of aromatic nitrogens is 4. The number of hydrogen-bond donors (Lipinski definition) is 3. The molecule has 0 bridgehead atoms. The van der Waals surface area contributed by atoms with Crippen molar-refractivity contribution in [1.29, 1.82) is 0 Å². The van der Waals surface area contributed by atoms with Gasteiger partial charge in [-0.1, -0.05) is 13.8 Å². The molecule has 4 N–H and O–H groups in total. The van der Waals surface area contributed by atoms with Gasteiger partial charge in [0.15, 0.2) is 0 Å². The molecule has 0 aliphatic carbocycles. The smallest absolute Gasteiger partial charge is 0.320 e. The zero-order valence-corrected chi connectivity index (χ0v) is 24.2. The van der Waals surface area contributed by atoms with Crippen LogP contribution < -0.4 is 16.4 Å². The molecule has 2 saturated heterocycles. The molecule has 11 nitrogen and oxygen atoms in total. The summed E-state index contributed by atoms with van der Waals surface area (Å²) in [6.45, 7) is 9.25. The van der Waals surface area contributed by atoms with Crippen LogP contribution in [0.3, 0.4) is 0 Å². The summed E-state index contributed by atoms with van der Waals surface area (Å²) in [7, 11) is 1.86. The molecule has 5 rings (SSSR count). The summed E-state index contributed by atoms with van der Waals surface area (Å²) in [5.41, 5.74) is 10.4. The number of allylic oxidation sites excluding steroid dienone is 2. The van der Waals surface area contributed by atoms with Crippen LogP contribution in [-0.2, 0) is 11.3 Å². The summed E-state index contributed by atoms with van der Waals surface area (Å²) in [6.07, 6.45) is 11.4. The first-order valence-corrected chi connectivity index (χ1v) is 14.4. The number of rotatable bonds is 8. The largest absolute Gasteiger partial charge is 0.404 e. The number of fused-ring (bicyclic) bond motifs is 1. The van der Waals surface area contributed by atoms with E-state index in [0.717, 1.165) is 66.0 Å². The first kappa shape index (κ1) is 28.4. The van der Waals surface area contributed by atoms with E-state index in [4.69, 9.17) is 15.5 Å². The Morgan fingerprint density at radius 3 is 2.56 bits per heavy atom. The zero-order valence-electron chi connectivity index (χ0n) is 24.2. The molecule has 2 aliphatic rings. The van der Waals surface area contributed by atoms with Crippen LogP contribution in [0.4, 0.5) is 10.6 Å². The number of ether oxygens (including phenoxy) is 1. The highest BCUT2D eigenvalue weighted by molar-refractivity contribution is 5.81. The number of carbonyl (C=O) groups is 1. The third-order valence-corrected chi connectivity index (χ3v) is 7.82. The lowest BCUT2D eigenvalue weighted by molar-refractivity contribution is 0.0396. The standard InChI is InChI=1S/C30H41N9O2/c1-21(2)23(16-31)15-29(32-3)36-28-5-4-26-27(35-28)14-24(17-33-26)25-18-34-39(20-25)19-22-6-8-37(9-7-22)30(40)38-10-12-41-13-11-38/h4-5,14-18,20-22,32H,6-13,19,31H2,1-3H3,(H,35,36). The molecule has 218 valence electrons. The quantitative estimate of drug-likeness (QED) is 0.357. The first-order chi connectivity index (χ1) is 19.9. The number of pyridine rings is 2. The van der Waals surface area contributed by atoms with Crippen LogP contribution in [0, 0.1) is 11.8 Å². The number of nitrogens with two attached hydrogens (primary N) is 1. The number of hydrogen-bond acceptors (Lipinski definition) is 8. The van der Waals surface area contributed by atoms with E-state index in [0.29, 0.717) is 44.0 Å². The molecule has 0 aromatic carbocycles. The molecular formula is C30H41N9O2. The van der Waals surface area contributed by atoms with Crippen LogP contribution in [0.2, 0.25) is 0 Å². The van der Waals surface area contributed by atoms with Gasteiger partial charge in [-0.15, -0.1) is 0 Å². The van der Waals surface area contributed by atoms with Gasteiger partial charge in [0.05, 0.1) is 30.4 Å². The predicted octanol–water partition coefficient (Wildman–Crippen LogP) is 3.63. The Labute approximate surface area is 241 Å². The Bertz CT molecular complexity index is 1400. The van der Waals surface area contributed by atoms with Crippen LogP contribution in [0.25, 0.3) is 22.2 Å². The number of urea groups is 1. The summed E-state index contributed by atoms with van der Waals surface area (Å²) in [5.74, 6) is 2.32. The molecule has 0 atom stereocenters. The molecule has 2 fully saturated rings. The summed E-state index contributed by atoms with van der Waals surface area (Å²) in [6, 6.07) is 6.07. The number of carbonyl (C=O) groups excluding carboxylic acids is 1. The Morgan fingerprint density at radius 2 is 1.85 bits per heavy atom. The Balaban J connectivity index is 1.22. The van der Waals surface area contributed by atoms with Gasteiger partial charge in [-0.05, 0) is 60.7 Å². The Hall–Kier alpha value is -4.12. The molecule has 41 heavy (non-hydrogen) atoms. The SMILES string of the molecule is CNC(=CC(=CN)C(C)C)Nc1ccc2ncc(-c3cnn(CC4CCN(C(=O)N5CCOCC5)CC4)c3)cc2n1. The topological polar surface area (TPSA) is 126 Å². The fraction of sp³-hybridized carbons (Fsp3) is 0.467. The number of morpholine rings is 1. The lowest BCUT2D eigenvalue weighted by Crippen LogP contribution is -2.50. The van der Waals surface area contributed by atoms with Crippen LogP contribution >= 0.6 is 0 Å². The monoisotopic (exact) mass is 559 g/mol. The second-order valence-electron chi connectivity index (χ2n) is 11.0. The van der Waals surface area contributed by atoms with E-state index in [9.17, 15) is 4.79 Å². The van der Waals surface area contributed by atoms with E-state index >= 15 is 0 Å².